The van der Waals surface area contributed by atoms with Crippen LogP contribution in [-0.4, -0.2) is 26.2 Å². The summed E-state index contributed by atoms with van der Waals surface area (Å²) in [6, 6.07) is 15.7. The Balaban J connectivity index is 1.69. The zero-order valence-corrected chi connectivity index (χ0v) is 14.5. The molecule has 0 heterocycles. The summed E-state index contributed by atoms with van der Waals surface area (Å²) in [4.78, 5) is 11.8. The van der Waals surface area contributed by atoms with Crippen molar-refractivity contribution in [1.29, 1.82) is 0 Å². The van der Waals surface area contributed by atoms with E-state index in [9.17, 15) is 4.79 Å². The number of hydrogen-bond donors (Lipinski definition) is 1. The first-order valence-electron chi connectivity index (χ1n) is 8.21. The molecule has 0 aliphatic rings. The molecule has 0 aliphatic carbocycles. The van der Waals surface area contributed by atoms with Crippen molar-refractivity contribution in [3.63, 3.8) is 0 Å². The van der Waals surface area contributed by atoms with Crippen LogP contribution in [0.5, 0.6) is 11.5 Å². The van der Waals surface area contributed by atoms with Crippen LogP contribution in [0.4, 0.5) is 0 Å². The smallest absolute Gasteiger partial charge is 0.257 e. The predicted octanol–water partition coefficient (Wildman–Crippen LogP) is 3.56. The lowest BCUT2D eigenvalue weighted by Gasteiger charge is -2.09. The Morgan fingerprint density at radius 1 is 1.00 bits per heavy atom. The van der Waals surface area contributed by atoms with Crippen LogP contribution in [-0.2, 0) is 11.2 Å². The maximum absolute atomic E-state index is 11.8. The molecule has 0 spiro atoms. The molecule has 0 fully saturated rings. The number of hydrogen-bond acceptors (Lipinski definition) is 3. The quantitative estimate of drug-likeness (QED) is 0.806. The SMILES string of the molecule is COc1ccc(OCC(=O)NCCc2ccc(C(C)C)cc2)cc1. The van der Waals surface area contributed by atoms with E-state index in [1.807, 2.05) is 0 Å². The van der Waals surface area contributed by atoms with Gasteiger partial charge in [0, 0.05) is 6.54 Å². The first kappa shape index (κ1) is 17.9. The molecule has 0 saturated carbocycles. The third-order valence-electron chi connectivity index (χ3n) is 3.81. The van der Waals surface area contributed by atoms with Gasteiger partial charge in [-0.25, -0.2) is 0 Å². The normalized spacial score (nSPS) is 10.5. The minimum absolute atomic E-state index is 0.0125. The van der Waals surface area contributed by atoms with Crippen LogP contribution in [0.15, 0.2) is 48.5 Å². The summed E-state index contributed by atoms with van der Waals surface area (Å²) in [6.07, 6.45) is 0.812. The molecule has 1 N–H and O–H groups in total. The van der Waals surface area contributed by atoms with Crippen molar-refractivity contribution >= 4 is 5.91 Å². The zero-order valence-electron chi connectivity index (χ0n) is 14.5. The molecule has 4 heteroatoms. The molecule has 2 aromatic carbocycles. The Morgan fingerprint density at radius 2 is 1.62 bits per heavy atom. The van der Waals surface area contributed by atoms with Gasteiger partial charge < -0.3 is 14.8 Å². The second-order valence-corrected chi connectivity index (χ2v) is 5.96. The summed E-state index contributed by atoms with van der Waals surface area (Å²) in [5.41, 5.74) is 2.55. The molecule has 2 rings (SSSR count). The molecule has 0 aromatic heterocycles. The summed E-state index contributed by atoms with van der Waals surface area (Å²) in [5.74, 6) is 1.82. The van der Waals surface area contributed by atoms with Gasteiger partial charge in [0.1, 0.15) is 11.5 Å². The minimum Gasteiger partial charge on any atom is -0.497 e. The number of rotatable bonds is 8. The van der Waals surface area contributed by atoms with E-state index in [1.165, 1.54) is 11.1 Å². The van der Waals surface area contributed by atoms with Crippen LogP contribution < -0.4 is 14.8 Å². The minimum atomic E-state index is -0.121. The largest absolute Gasteiger partial charge is 0.497 e. The van der Waals surface area contributed by atoms with E-state index < -0.39 is 0 Å². The number of nitrogens with one attached hydrogen (secondary N) is 1. The monoisotopic (exact) mass is 327 g/mol. The Kier molecular flexibility index (Phi) is 6.67. The van der Waals surface area contributed by atoms with E-state index in [0.29, 0.717) is 18.2 Å². The Bertz CT molecular complexity index is 633. The molecule has 4 nitrogen and oxygen atoms in total. The lowest BCUT2D eigenvalue weighted by atomic mass is 10.0. The molecule has 0 radical (unpaired) electrons. The van der Waals surface area contributed by atoms with Crippen molar-refractivity contribution in [2.24, 2.45) is 0 Å². The highest BCUT2D eigenvalue weighted by Gasteiger charge is 2.04. The van der Waals surface area contributed by atoms with E-state index in [1.54, 1.807) is 31.4 Å². The highest BCUT2D eigenvalue weighted by Crippen LogP contribution is 2.17. The van der Waals surface area contributed by atoms with Gasteiger partial charge in [-0.15, -0.1) is 0 Å². The number of benzene rings is 2. The number of methoxy groups -OCH3 is 1. The topological polar surface area (TPSA) is 47.6 Å². The van der Waals surface area contributed by atoms with Crippen molar-refractivity contribution in [1.82, 2.24) is 5.32 Å². The molecule has 0 bridgehead atoms. The van der Waals surface area contributed by atoms with Crippen LogP contribution in [0.25, 0.3) is 0 Å². The molecule has 0 unspecified atom stereocenters. The van der Waals surface area contributed by atoms with Gasteiger partial charge in [0.05, 0.1) is 7.11 Å². The Labute approximate surface area is 143 Å². The van der Waals surface area contributed by atoms with Crippen molar-refractivity contribution in [2.75, 3.05) is 20.3 Å². The van der Waals surface area contributed by atoms with Gasteiger partial charge >= 0.3 is 0 Å². The van der Waals surface area contributed by atoms with Crippen molar-refractivity contribution in [3.8, 4) is 11.5 Å². The summed E-state index contributed by atoms with van der Waals surface area (Å²) in [6.45, 7) is 4.97. The van der Waals surface area contributed by atoms with Gasteiger partial charge in [-0.05, 0) is 47.7 Å². The fourth-order valence-corrected chi connectivity index (χ4v) is 2.29. The average Bonchev–Trinajstić information content (AvgIpc) is 2.61. The highest BCUT2D eigenvalue weighted by atomic mass is 16.5. The molecule has 24 heavy (non-hydrogen) atoms. The number of carbonyl (C=O) groups excluding carboxylic acids is 1. The van der Waals surface area contributed by atoms with Gasteiger partial charge in [-0.1, -0.05) is 38.1 Å². The van der Waals surface area contributed by atoms with E-state index in [2.05, 4.69) is 43.4 Å². The van der Waals surface area contributed by atoms with E-state index in [-0.39, 0.29) is 12.5 Å². The molecule has 2 aromatic rings. The van der Waals surface area contributed by atoms with E-state index in [0.717, 1.165) is 12.2 Å². The lowest BCUT2D eigenvalue weighted by Crippen LogP contribution is -2.30. The third-order valence-corrected chi connectivity index (χ3v) is 3.81. The van der Waals surface area contributed by atoms with Crippen LogP contribution in [0, 0.1) is 0 Å². The summed E-state index contributed by atoms with van der Waals surface area (Å²) >= 11 is 0. The third kappa shape index (κ3) is 5.61. The predicted molar refractivity (Wildman–Crippen MR) is 95.7 cm³/mol. The first-order chi connectivity index (χ1) is 11.6. The summed E-state index contributed by atoms with van der Waals surface area (Å²) in [5, 5.41) is 2.87. The maximum Gasteiger partial charge on any atom is 0.257 e. The van der Waals surface area contributed by atoms with Crippen molar-refractivity contribution < 1.29 is 14.3 Å². The highest BCUT2D eigenvalue weighted by molar-refractivity contribution is 5.77. The van der Waals surface area contributed by atoms with Gasteiger partial charge in [0.15, 0.2) is 6.61 Å². The summed E-state index contributed by atoms with van der Waals surface area (Å²) in [7, 11) is 1.61. The van der Waals surface area contributed by atoms with Crippen LogP contribution >= 0.6 is 0 Å². The summed E-state index contributed by atoms with van der Waals surface area (Å²) < 4.78 is 10.5. The van der Waals surface area contributed by atoms with E-state index in [4.69, 9.17) is 9.47 Å². The number of carbonyl (C=O) groups is 1. The lowest BCUT2D eigenvalue weighted by molar-refractivity contribution is -0.123. The fourth-order valence-electron chi connectivity index (χ4n) is 2.29. The second-order valence-electron chi connectivity index (χ2n) is 5.96. The Hall–Kier alpha value is -2.49. The first-order valence-corrected chi connectivity index (χ1v) is 8.21. The molecule has 0 aliphatic heterocycles. The average molecular weight is 327 g/mol. The van der Waals surface area contributed by atoms with Crippen LogP contribution in [0.3, 0.4) is 0 Å². The van der Waals surface area contributed by atoms with Crippen LogP contribution in [0.2, 0.25) is 0 Å². The van der Waals surface area contributed by atoms with Gasteiger partial charge in [0.25, 0.3) is 5.91 Å². The fraction of sp³-hybridized carbons (Fsp3) is 0.350. The van der Waals surface area contributed by atoms with Crippen LogP contribution in [0.1, 0.15) is 30.9 Å². The Morgan fingerprint density at radius 3 is 2.21 bits per heavy atom. The molecule has 128 valence electrons. The van der Waals surface area contributed by atoms with E-state index >= 15 is 0 Å². The van der Waals surface area contributed by atoms with Gasteiger partial charge in [-0.3, -0.25) is 4.79 Å². The van der Waals surface area contributed by atoms with Gasteiger partial charge in [0.2, 0.25) is 0 Å². The molecule has 0 saturated heterocycles. The zero-order chi connectivity index (χ0) is 17.4. The molecular weight excluding hydrogens is 302 g/mol. The number of ether oxygens (including phenoxy) is 2. The molecule has 0 atom stereocenters. The maximum atomic E-state index is 11.8. The van der Waals surface area contributed by atoms with Crippen molar-refractivity contribution in [3.05, 3.63) is 59.7 Å². The molecular formula is C20H25NO3. The van der Waals surface area contributed by atoms with Gasteiger partial charge in [-0.2, -0.15) is 0 Å². The number of amides is 1. The molecule has 1 amide bonds. The second kappa shape index (κ2) is 8.96. The van der Waals surface area contributed by atoms with Crippen molar-refractivity contribution in [2.45, 2.75) is 26.2 Å². The standard InChI is InChI=1S/C20H25NO3/c1-15(2)17-6-4-16(5-7-17)12-13-21-20(22)14-24-19-10-8-18(23-3)9-11-19/h4-11,15H,12-14H2,1-3H3,(H,21,22).